The SMILES string of the molecule is CC(C)n1nc(C(=O)Cc2ccc(Oc3ccncc3-c3cnn(C)c3)cc2)c(=O)n(-c2ccc(F)cc2)c1=O. The maximum atomic E-state index is 13.5. The molecule has 40 heavy (non-hydrogen) atoms. The number of ether oxygens (including phenoxy) is 1. The van der Waals surface area contributed by atoms with Crippen molar-refractivity contribution in [3.05, 3.63) is 117 Å². The van der Waals surface area contributed by atoms with Gasteiger partial charge in [0.2, 0.25) is 0 Å². The summed E-state index contributed by atoms with van der Waals surface area (Å²) in [7, 11) is 1.82. The van der Waals surface area contributed by atoms with Crippen LogP contribution in [0.1, 0.15) is 35.9 Å². The van der Waals surface area contributed by atoms with Gasteiger partial charge in [-0.15, -0.1) is 0 Å². The molecule has 0 amide bonds. The maximum Gasteiger partial charge on any atom is 0.352 e. The molecule has 0 aliphatic carbocycles. The first-order chi connectivity index (χ1) is 19.2. The van der Waals surface area contributed by atoms with Gasteiger partial charge in [-0.1, -0.05) is 12.1 Å². The molecule has 2 aromatic carbocycles. The highest BCUT2D eigenvalue weighted by Gasteiger charge is 2.22. The molecule has 0 atom stereocenters. The monoisotopic (exact) mass is 540 g/mol. The van der Waals surface area contributed by atoms with E-state index in [2.05, 4.69) is 15.2 Å². The third-order valence-corrected chi connectivity index (χ3v) is 6.15. The quantitative estimate of drug-likeness (QED) is 0.272. The number of carbonyl (C=O) groups is 1. The molecule has 5 aromatic rings. The number of rotatable bonds is 8. The first-order valence-corrected chi connectivity index (χ1v) is 12.5. The van der Waals surface area contributed by atoms with Gasteiger partial charge in [-0.2, -0.15) is 10.2 Å². The second-order valence-electron chi connectivity index (χ2n) is 9.41. The number of Topliss-reactive ketones (excluding diaryl/α,β-unsaturated/α-hetero) is 1. The van der Waals surface area contributed by atoms with Crippen LogP contribution in [0.3, 0.4) is 0 Å². The molecule has 11 heteroatoms. The first-order valence-electron chi connectivity index (χ1n) is 12.5. The Morgan fingerprint density at radius 1 is 1.00 bits per heavy atom. The van der Waals surface area contributed by atoms with Crippen molar-refractivity contribution in [3.8, 4) is 28.3 Å². The van der Waals surface area contributed by atoms with Crippen LogP contribution in [0.4, 0.5) is 4.39 Å². The Hall–Kier alpha value is -5.19. The Kier molecular flexibility index (Phi) is 7.19. The smallest absolute Gasteiger partial charge is 0.352 e. The van der Waals surface area contributed by atoms with Crippen molar-refractivity contribution in [3.63, 3.8) is 0 Å². The van der Waals surface area contributed by atoms with Crippen molar-refractivity contribution in [2.24, 2.45) is 7.05 Å². The normalized spacial score (nSPS) is 11.1. The van der Waals surface area contributed by atoms with E-state index in [1.807, 2.05) is 13.2 Å². The molecule has 0 unspecified atom stereocenters. The van der Waals surface area contributed by atoms with Gasteiger partial charge in [0.1, 0.15) is 17.3 Å². The van der Waals surface area contributed by atoms with Crippen LogP contribution in [-0.4, -0.2) is 34.9 Å². The van der Waals surface area contributed by atoms with Crippen LogP contribution in [0.5, 0.6) is 11.5 Å². The molecule has 3 heterocycles. The summed E-state index contributed by atoms with van der Waals surface area (Å²) in [5, 5.41) is 8.29. The molecule has 0 radical (unpaired) electrons. The van der Waals surface area contributed by atoms with Crippen molar-refractivity contribution in [2.75, 3.05) is 0 Å². The molecule has 3 aromatic heterocycles. The highest BCUT2D eigenvalue weighted by molar-refractivity contribution is 5.95. The van der Waals surface area contributed by atoms with Crippen LogP contribution in [0.2, 0.25) is 0 Å². The molecule has 0 saturated carbocycles. The number of benzene rings is 2. The molecule has 5 rings (SSSR count). The topological polar surface area (TPSA) is 114 Å². The van der Waals surface area contributed by atoms with Crippen LogP contribution in [0.25, 0.3) is 16.8 Å². The fraction of sp³-hybridized carbons (Fsp3) is 0.172. The summed E-state index contributed by atoms with van der Waals surface area (Å²) in [6.45, 7) is 3.42. The first kappa shape index (κ1) is 26.4. The Labute approximate surface area is 227 Å². The van der Waals surface area contributed by atoms with Gasteiger partial charge in [0, 0.05) is 43.2 Å². The Morgan fingerprint density at radius 2 is 1.73 bits per heavy atom. The van der Waals surface area contributed by atoms with Gasteiger partial charge in [0.05, 0.1) is 17.9 Å². The predicted octanol–water partition coefficient (Wildman–Crippen LogP) is 4.13. The van der Waals surface area contributed by atoms with E-state index < -0.39 is 28.9 Å². The lowest BCUT2D eigenvalue weighted by Gasteiger charge is -2.14. The van der Waals surface area contributed by atoms with Crippen molar-refractivity contribution >= 4 is 5.78 Å². The van der Waals surface area contributed by atoms with Gasteiger partial charge in [0.15, 0.2) is 11.5 Å². The molecule has 0 fully saturated rings. The van der Waals surface area contributed by atoms with E-state index in [0.717, 1.165) is 32.5 Å². The fourth-order valence-electron chi connectivity index (χ4n) is 4.14. The molecule has 0 spiro atoms. The lowest BCUT2D eigenvalue weighted by atomic mass is 10.1. The Balaban J connectivity index is 1.40. The number of ketones is 1. The number of carbonyl (C=O) groups excluding carboxylic acids is 1. The van der Waals surface area contributed by atoms with E-state index in [9.17, 15) is 18.8 Å². The van der Waals surface area contributed by atoms with E-state index in [4.69, 9.17) is 4.74 Å². The predicted molar refractivity (Wildman–Crippen MR) is 145 cm³/mol. The van der Waals surface area contributed by atoms with Gasteiger partial charge in [-0.25, -0.2) is 18.4 Å². The number of pyridine rings is 1. The maximum absolute atomic E-state index is 13.5. The fourth-order valence-corrected chi connectivity index (χ4v) is 4.14. The van der Waals surface area contributed by atoms with E-state index >= 15 is 0 Å². The van der Waals surface area contributed by atoms with Crippen LogP contribution in [0, 0.1) is 5.82 Å². The average Bonchev–Trinajstić information content (AvgIpc) is 3.37. The molecule has 0 bridgehead atoms. The summed E-state index contributed by atoms with van der Waals surface area (Å²) in [6.07, 6.45) is 6.78. The van der Waals surface area contributed by atoms with Gasteiger partial charge in [-0.3, -0.25) is 19.3 Å². The summed E-state index contributed by atoms with van der Waals surface area (Å²) in [5.41, 5.74) is 0.441. The number of hydrogen-bond donors (Lipinski definition) is 0. The minimum Gasteiger partial charge on any atom is -0.457 e. The van der Waals surface area contributed by atoms with E-state index in [-0.39, 0.29) is 17.8 Å². The summed E-state index contributed by atoms with van der Waals surface area (Å²) in [4.78, 5) is 43.6. The third kappa shape index (κ3) is 5.35. The molecule has 0 saturated heterocycles. The highest BCUT2D eigenvalue weighted by Crippen LogP contribution is 2.32. The van der Waals surface area contributed by atoms with Crippen molar-refractivity contribution in [1.82, 2.24) is 29.1 Å². The lowest BCUT2D eigenvalue weighted by molar-refractivity contribution is 0.0982. The van der Waals surface area contributed by atoms with E-state index in [1.165, 1.54) is 12.1 Å². The van der Waals surface area contributed by atoms with Crippen LogP contribution in [0.15, 0.2) is 89.0 Å². The number of aromatic nitrogens is 6. The average molecular weight is 541 g/mol. The third-order valence-electron chi connectivity index (χ3n) is 6.15. The molecule has 0 aliphatic heterocycles. The summed E-state index contributed by atoms with van der Waals surface area (Å²) in [5.74, 6) is 0.0546. The molecular weight excluding hydrogens is 515 g/mol. The number of aryl methyl sites for hydroxylation is 1. The summed E-state index contributed by atoms with van der Waals surface area (Å²) >= 11 is 0. The van der Waals surface area contributed by atoms with Gasteiger partial charge < -0.3 is 4.74 Å². The minimum atomic E-state index is -0.862. The van der Waals surface area contributed by atoms with Gasteiger partial charge in [0.25, 0.3) is 5.56 Å². The van der Waals surface area contributed by atoms with E-state index in [1.54, 1.807) is 67.5 Å². The summed E-state index contributed by atoms with van der Waals surface area (Å²) in [6, 6.07) is 13.1. The Bertz CT molecular complexity index is 1800. The molecule has 10 nitrogen and oxygen atoms in total. The standard InChI is InChI=1S/C29H25FN6O4/c1-18(2)36-29(39)35(22-8-6-21(30)7-9-22)28(38)27(33-36)25(37)14-19-4-10-23(11-5-19)40-26-12-13-31-16-24(26)20-15-32-34(3)17-20/h4-13,15-18H,14H2,1-3H3. The number of nitrogens with zero attached hydrogens (tertiary/aromatic N) is 6. The minimum absolute atomic E-state index is 0.127. The largest absolute Gasteiger partial charge is 0.457 e. The van der Waals surface area contributed by atoms with Gasteiger partial charge in [-0.05, 0) is 61.9 Å². The highest BCUT2D eigenvalue weighted by atomic mass is 19.1. The van der Waals surface area contributed by atoms with Crippen LogP contribution in [-0.2, 0) is 13.5 Å². The second-order valence-corrected chi connectivity index (χ2v) is 9.41. The zero-order valence-electron chi connectivity index (χ0n) is 22.0. The van der Waals surface area contributed by atoms with Gasteiger partial charge >= 0.3 is 5.69 Å². The van der Waals surface area contributed by atoms with E-state index in [0.29, 0.717) is 17.1 Å². The van der Waals surface area contributed by atoms with Crippen molar-refractivity contribution in [1.29, 1.82) is 0 Å². The zero-order valence-corrected chi connectivity index (χ0v) is 22.0. The Morgan fingerprint density at radius 3 is 2.38 bits per heavy atom. The molecular formula is C29H25FN6O4. The van der Waals surface area contributed by atoms with Crippen molar-refractivity contribution < 1.29 is 13.9 Å². The van der Waals surface area contributed by atoms with Crippen LogP contribution < -0.4 is 16.0 Å². The lowest BCUT2D eigenvalue weighted by Crippen LogP contribution is -2.44. The van der Waals surface area contributed by atoms with Crippen LogP contribution >= 0.6 is 0 Å². The number of hydrogen-bond acceptors (Lipinski definition) is 7. The molecule has 202 valence electrons. The van der Waals surface area contributed by atoms with Crippen molar-refractivity contribution in [2.45, 2.75) is 26.3 Å². The number of halogens is 1. The second kappa shape index (κ2) is 10.9. The zero-order chi connectivity index (χ0) is 28.4. The molecule has 0 aliphatic rings. The molecule has 0 N–H and O–H groups in total. The summed E-state index contributed by atoms with van der Waals surface area (Å²) < 4.78 is 23.1.